The largest absolute Gasteiger partial charge is 0.369 e. The van der Waals surface area contributed by atoms with Gasteiger partial charge in [-0.3, -0.25) is 4.79 Å². The number of halogens is 2. The minimum Gasteiger partial charge on any atom is -0.369 e. The highest BCUT2D eigenvalue weighted by Gasteiger charge is 2.25. The zero-order chi connectivity index (χ0) is 25.0. The molecule has 6 rings (SSSR count). The number of carbonyl (C=O) groups is 1. The Morgan fingerprint density at radius 1 is 0.846 bits per heavy atom. The number of H-pyrrole nitrogens is 1. The predicted octanol–water partition coefficient (Wildman–Crippen LogP) is 7.17. The second kappa shape index (κ2) is 12.8. The normalized spacial score (nSPS) is 12.7. The molecule has 0 spiro atoms. The van der Waals surface area contributed by atoms with Gasteiger partial charge in [0.2, 0.25) is 0 Å². The van der Waals surface area contributed by atoms with Crippen LogP contribution in [0.5, 0.6) is 0 Å². The van der Waals surface area contributed by atoms with Crippen LogP contribution in [0.4, 0.5) is 5.69 Å². The molecule has 1 N–H and O–H groups in total. The number of nitrogens with zero attached hydrogens (tertiary/aromatic N) is 3. The van der Waals surface area contributed by atoms with E-state index in [4.69, 9.17) is 0 Å². The van der Waals surface area contributed by atoms with Crippen molar-refractivity contribution in [2.75, 3.05) is 24.5 Å². The lowest BCUT2D eigenvalue weighted by atomic mass is 10.0. The zero-order valence-electron chi connectivity index (χ0n) is 21.6. The Hall–Kier alpha value is -3.80. The third-order valence-corrected chi connectivity index (χ3v) is 7.26. The summed E-state index contributed by atoms with van der Waals surface area (Å²) in [5, 5.41) is 2.10. The molecule has 7 heteroatoms. The van der Waals surface area contributed by atoms with Crippen molar-refractivity contribution in [2.45, 2.75) is 19.4 Å². The Labute approximate surface area is 241 Å². The first-order valence-corrected chi connectivity index (χ1v) is 12.9. The molecule has 0 radical (unpaired) electrons. The van der Waals surface area contributed by atoms with Crippen LogP contribution in [0, 0.1) is 0 Å². The van der Waals surface area contributed by atoms with Crippen molar-refractivity contribution in [3.8, 4) is 11.1 Å². The maximum absolute atomic E-state index is 13.9. The van der Waals surface area contributed by atoms with Crippen LogP contribution >= 0.6 is 24.8 Å². The average Bonchev–Trinajstić information content (AvgIpc) is 3.40. The first-order chi connectivity index (χ1) is 18.3. The molecule has 0 atom stereocenters. The molecular weight excluding hydrogens is 527 g/mol. The number of nitrogens with one attached hydrogen (secondary N) is 1. The molecule has 0 fully saturated rings. The Morgan fingerprint density at radius 2 is 1.64 bits per heavy atom. The van der Waals surface area contributed by atoms with Gasteiger partial charge >= 0.3 is 0 Å². The van der Waals surface area contributed by atoms with E-state index in [0.29, 0.717) is 13.1 Å². The summed E-state index contributed by atoms with van der Waals surface area (Å²) in [4.78, 5) is 25.7. The number of imidazole rings is 1. The Bertz CT molecular complexity index is 1520. The van der Waals surface area contributed by atoms with Crippen LogP contribution < -0.4 is 4.90 Å². The summed E-state index contributed by atoms with van der Waals surface area (Å²) in [6.07, 6.45) is 5.59. The van der Waals surface area contributed by atoms with Crippen molar-refractivity contribution in [2.24, 2.45) is 0 Å². The van der Waals surface area contributed by atoms with E-state index < -0.39 is 0 Å². The van der Waals surface area contributed by atoms with Crippen molar-refractivity contribution in [3.05, 3.63) is 120 Å². The minimum atomic E-state index is 0. The molecule has 1 aromatic heterocycles. The Kier molecular flexibility index (Phi) is 9.28. The molecule has 5 nitrogen and oxygen atoms in total. The van der Waals surface area contributed by atoms with Crippen LogP contribution in [0.1, 0.15) is 28.0 Å². The second-order valence-corrected chi connectivity index (χ2v) is 9.63. The molecule has 0 saturated carbocycles. The third-order valence-electron chi connectivity index (χ3n) is 7.26. The highest BCUT2D eigenvalue weighted by atomic mass is 35.5. The van der Waals surface area contributed by atoms with E-state index in [0.717, 1.165) is 48.0 Å². The van der Waals surface area contributed by atoms with Gasteiger partial charge in [-0.15, -0.1) is 24.8 Å². The van der Waals surface area contributed by atoms with E-state index in [1.54, 1.807) is 6.33 Å². The van der Waals surface area contributed by atoms with Crippen molar-refractivity contribution < 1.29 is 4.79 Å². The number of aryl methyl sites for hydroxylation is 1. The van der Waals surface area contributed by atoms with E-state index in [9.17, 15) is 4.79 Å². The van der Waals surface area contributed by atoms with Gasteiger partial charge in [0.15, 0.2) is 0 Å². The molecule has 2 heterocycles. The van der Waals surface area contributed by atoms with Crippen LogP contribution in [0.2, 0.25) is 0 Å². The van der Waals surface area contributed by atoms with Crippen molar-refractivity contribution >= 4 is 47.2 Å². The third kappa shape index (κ3) is 6.11. The molecule has 1 aliphatic rings. The standard InChI is InChI=1S/C32H30N4O.2ClH/c37-32(30-14-6-11-25-10-4-5-13-29(25)30)36-19-18-35(17-7-12-28-21-33-23-34-28)31-16-15-26(20-27(31)22-36)24-8-2-1-3-9-24;;/h1-6,8-11,13-16,20-21,23H,7,12,17-19,22H2,(H,33,34);2*1H. The summed E-state index contributed by atoms with van der Waals surface area (Å²) in [7, 11) is 0. The fourth-order valence-corrected chi connectivity index (χ4v) is 5.35. The summed E-state index contributed by atoms with van der Waals surface area (Å²) < 4.78 is 0. The average molecular weight is 560 g/mol. The minimum absolute atomic E-state index is 0. The van der Waals surface area contributed by atoms with Gasteiger partial charge in [0.05, 0.1) is 6.33 Å². The zero-order valence-corrected chi connectivity index (χ0v) is 23.3. The number of anilines is 1. The molecule has 4 aromatic carbocycles. The Balaban J connectivity index is 0.00000176. The van der Waals surface area contributed by atoms with Gasteiger partial charge < -0.3 is 14.8 Å². The number of amides is 1. The number of benzene rings is 4. The Morgan fingerprint density at radius 3 is 2.46 bits per heavy atom. The van der Waals surface area contributed by atoms with E-state index in [-0.39, 0.29) is 30.7 Å². The predicted molar refractivity (Wildman–Crippen MR) is 164 cm³/mol. The summed E-state index contributed by atoms with van der Waals surface area (Å²) in [5.41, 5.74) is 6.70. The lowest BCUT2D eigenvalue weighted by Crippen LogP contribution is -2.36. The second-order valence-electron chi connectivity index (χ2n) is 9.63. The molecule has 1 amide bonds. The maximum Gasteiger partial charge on any atom is 0.254 e. The first kappa shape index (κ1) is 28.2. The number of hydrogen-bond donors (Lipinski definition) is 1. The van der Waals surface area contributed by atoms with E-state index in [1.165, 1.54) is 22.4 Å². The smallest absolute Gasteiger partial charge is 0.254 e. The van der Waals surface area contributed by atoms with Crippen molar-refractivity contribution in [1.29, 1.82) is 0 Å². The number of carbonyl (C=O) groups excluding carboxylic acids is 1. The van der Waals surface area contributed by atoms with Gasteiger partial charge in [0.25, 0.3) is 5.91 Å². The summed E-state index contributed by atoms with van der Waals surface area (Å²) in [6, 6.07) is 31.3. The van der Waals surface area contributed by atoms with Gasteiger partial charge in [0, 0.05) is 49.3 Å². The van der Waals surface area contributed by atoms with Gasteiger partial charge in [-0.2, -0.15) is 0 Å². The maximum atomic E-state index is 13.9. The van der Waals surface area contributed by atoms with E-state index in [1.807, 2.05) is 47.5 Å². The molecule has 0 aliphatic carbocycles. The summed E-state index contributed by atoms with van der Waals surface area (Å²) >= 11 is 0. The van der Waals surface area contributed by atoms with Gasteiger partial charge in [-0.1, -0.05) is 72.8 Å². The van der Waals surface area contributed by atoms with Crippen LogP contribution in [-0.2, 0) is 13.0 Å². The molecular formula is C32H32Cl2N4O. The van der Waals surface area contributed by atoms with Crippen molar-refractivity contribution in [3.63, 3.8) is 0 Å². The number of rotatable bonds is 6. The highest BCUT2D eigenvalue weighted by Crippen LogP contribution is 2.32. The fraction of sp³-hybridized carbons (Fsp3) is 0.188. The number of aromatic amines is 1. The quantitative estimate of drug-likeness (QED) is 0.240. The number of fused-ring (bicyclic) bond motifs is 2. The van der Waals surface area contributed by atoms with Gasteiger partial charge in [0.1, 0.15) is 0 Å². The molecule has 5 aromatic rings. The highest BCUT2D eigenvalue weighted by molar-refractivity contribution is 6.07. The fourth-order valence-electron chi connectivity index (χ4n) is 5.35. The van der Waals surface area contributed by atoms with E-state index >= 15 is 0 Å². The SMILES string of the molecule is Cl.Cl.O=C(c1cccc2ccccc12)N1CCN(CCCc2cnc[nH]2)c2ccc(-c3ccccc3)cc2C1. The van der Waals surface area contributed by atoms with Gasteiger partial charge in [-0.25, -0.2) is 4.98 Å². The summed E-state index contributed by atoms with van der Waals surface area (Å²) in [5.74, 6) is 0.0900. The monoisotopic (exact) mass is 558 g/mol. The molecule has 0 unspecified atom stereocenters. The molecule has 39 heavy (non-hydrogen) atoms. The van der Waals surface area contributed by atoms with Crippen molar-refractivity contribution in [1.82, 2.24) is 14.9 Å². The van der Waals surface area contributed by atoms with Crippen LogP contribution in [0.25, 0.3) is 21.9 Å². The lowest BCUT2D eigenvalue weighted by Gasteiger charge is -2.25. The van der Waals surface area contributed by atoms with Gasteiger partial charge in [-0.05, 0) is 58.5 Å². The number of aromatic nitrogens is 2. The first-order valence-electron chi connectivity index (χ1n) is 12.9. The van der Waals surface area contributed by atoms with Crippen LogP contribution in [0.3, 0.4) is 0 Å². The molecule has 0 saturated heterocycles. The molecule has 200 valence electrons. The van der Waals surface area contributed by atoms with Crippen LogP contribution in [0.15, 0.2) is 104 Å². The number of hydrogen-bond acceptors (Lipinski definition) is 3. The molecule has 1 aliphatic heterocycles. The summed E-state index contributed by atoms with van der Waals surface area (Å²) in [6.45, 7) is 3.00. The van der Waals surface area contributed by atoms with E-state index in [2.05, 4.69) is 69.5 Å². The molecule has 0 bridgehead atoms. The lowest BCUT2D eigenvalue weighted by molar-refractivity contribution is 0.0753. The van der Waals surface area contributed by atoms with Crippen LogP contribution in [-0.4, -0.2) is 40.4 Å². The topological polar surface area (TPSA) is 52.2 Å².